The van der Waals surface area contributed by atoms with E-state index in [1.165, 1.54) is 13.0 Å². The third-order valence-electron chi connectivity index (χ3n) is 4.17. The quantitative estimate of drug-likeness (QED) is 0.801. The highest BCUT2D eigenvalue weighted by Crippen LogP contribution is 2.33. The first kappa shape index (κ1) is 21.7. The molecule has 0 aromatic heterocycles. The van der Waals surface area contributed by atoms with E-state index in [1.54, 1.807) is 19.1 Å². The summed E-state index contributed by atoms with van der Waals surface area (Å²) in [4.78, 5) is 12.7. The summed E-state index contributed by atoms with van der Waals surface area (Å²) in [6.07, 6.45) is -3.79. The van der Waals surface area contributed by atoms with Crippen molar-refractivity contribution in [3.05, 3.63) is 59.2 Å². The van der Waals surface area contributed by atoms with Crippen LogP contribution in [0, 0.1) is 13.8 Å². The second-order valence-electron chi connectivity index (χ2n) is 6.59. The molecule has 1 unspecified atom stereocenters. The molecule has 1 atom stereocenters. The minimum Gasteiger partial charge on any atom is -0.324 e. The van der Waals surface area contributed by atoms with Crippen LogP contribution in [-0.2, 0) is 21.0 Å². The van der Waals surface area contributed by atoms with Gasteiger partial charge < -0.3 is 5.32 Å². The average molecular weight is 414 g/mol. The highest BCUT2D eigenvalue weighted by molar-refractivity contribution is 7.92. The van der Waals surface area contributed by atoms with Gasteiger partial charge in [-0.25, -0.2) is 8.42 Å². The van der Waals surface area contributed by atoms with Crippen LogP contribution in [0.4, 0.5) is 24.5 Å². The van der Waals surface area contributed by atoms with Gasteiger partial charge in [0.1, 0.15) is 6.04 Å². The average Bonchev–Trinajstić information content (AvgIpc) is 2.56. The van der Waals surface area contributed by atoms with Crippen molar-refractivity contribution in [3.8, 4) is 0 Å². The molecule has 0 saturated carbocycles. The molecule has 2 aromatic rings. The Morgan fingerprint density at radius 3 is 2.32 bits per heavy atom. The zero-order chi connectivity index (χ0) is 21.3. The van der Waals surface area contributed by atoms with Crippen LogP contribution in [0.25, 0.3) is 0 Å². The van der Waals surface area contributed by atoms with Gasteiger partial charge in [-0.05, 0) is 56.2 Å². The van der Waals surface area contributed by atoms with Crippen molar-refractivity contribution >= 4 is 27.3 Å². The van der Waals surface area contributed by atoms with Crippen molar-refractivity contribution < 1.29 is 26.4 Å². The van der Waals surface area contributed by atoms with Gasteiger partial charge in [0.15, 0.2) is 0 Å². The number of alkyl halides is 3. The molecule has 28 heavy (non-hydrogen) atoms. The lowest BCUT2D eigenvalue weighted by atomic mass is 10.1. The molecule has 1 amide bonds. The molecule has 0 aliphatic heterocycles. The number of rotatable bonds is 5. The number of carbonyl (C=O) groups is 1. The van der Waals surface area contributed by atoms with Gasteiger partial charge in [-0.1, -0.05) is 18.2 Å². The summed E-state index contributed by atoms with van der Waals surface area (Å²) in [5, 5.41) is 2.65. The number of anilines is 2. The minimum absolute atomic E-state index is 0.235. The van der Waals surface area contributed by atoms with Gasteiger partial charge in [0.05, 0.1) is 17.5 Å². The number of benzene rings is 2. The highest BCUT2D eigenvalue weighted by atomic mass is 32.2. The van der Waals surface area contributed by atoms with E-state index in [-0.39, 0.29) is 5.69 Å². The number of hydrogen-bond donors (Lipinski definition) is 1. The molecule has 1 N–H and O–H groups in total. The van der Waals surface area contributed by atoms with Gasteiger partial charge in [0, 0.05) is 5.69 Å². The maximum Gasteiger partial charge on any atom is 0.416 e. The number of sulfonamides is 1. The molecule has 5 nitrogen and oxygen atoms in total. The Kier molecular flexibility index (Phi) is 6.08. The van der Waals surface area contributed by atoms with Gasteiger partial charge in [-0.15, -0.1) is 0 Å². The van der Waals surface area contributed by atoms with Crippen molar-refractivity contribution in [1.29, 1.82) is 0 Å². The zero-order valence-electron chi connectivity index (χ0n) is 15.8. The zero-order valence-corrected chi connectivity index (χ0v) is 16.6. The maximum absolute atomic E-state index is 13.0. The molecule has 0 aliphatic rings. The van der Waals surface area contributed by atoms with E-state index in [1.807, 2.05) is 13.0 Å². The predicted octanol–water partition coefficient (Wildman–Crippen LogP) is 4.12. The lowest BCUT2D eigenvalue weighted by molar-refractivity contribution is -0.137. The molecule has 0 saturated heterocycles. The fourth-order valence-electron chi connectivity index (χ4n) is 2.74. The first-order valence-corrected chi connectivity index (χ1v) is 10.2. The number of amides is 1. The number of nitrogens with one attached hydrogen (secondary N) is 1. The number of aryl methyl sites for hydroxylation is 2. The molecular weight excluding hydrogens is 393 g/mol. The second-order valence-corrected chi connectivity index (χ2v) is 8.45. The molecule has 152 valence electrons. The summed E-state index contributed by atoms with van der Waals surface area (Å²) in [6, 6.07) is 8.00. The summed E-state index contributed by atoms with van der Waals surface area (Å²) in [5.74, 6) is -0.656. The molecule has 0 heterocycles. The van der Waals surface area contributed by atoms with Crippen LogP contribution in [0.3, 0.4) is 0 Å². The molecule has 0 bridgehead atoms. The Morgan fingerprint density at radius 1 is 1.11 bits per heavy atom. The Bertz CT molecular complexity index is 988. The van der Waals surface area contributed by atoms with E-state index >= 15 is 0 Å². The summed E-state index contributed by atoms with van der Waals surface area (Å²) in [6.45, 7) is 4.94. The number of halogens is 3. The van der Waals surface area contributed by atoms with Crippen molar-refractivity contribution in [2.75, 3.05) is 15.9 Å². The minimum atomic E-state index is -4.64. The van der Waals surface area contributed by atoms with Crippen LogP contribution in [0.1, 0.15) is 23.6 Å². The van der Waals surface area contributed by atoms with Crippen LogP contribution in [0.5, 0.6) is 0 Å². The van der Waals surface area contributed by atoms with E-state index in [9.17, 15) is 26.4 Å². The standard InChI is InChI=1S/C19H21F3N2O3S/c1-12-8-9-13(2)17(10-12)23-18(25)14(3)24(28(4,26)27)16-7-5-6-15(11-16)19(20,21)22/h5-11,14H,1-4H3,(H,23,25). The molecule has 0 radical (unpaired) electrons. The molecule has 0 fully saturated rings. The van der Waals surface area contributed by atoms with Gasteiger partial charge in [-0.2, -0.15) is 13.2 Å². The summed E-state index contributed by atoms with van der Waals surface area (Å²) >= 11 is 0. The number of nitrogens with zero attached hydrogens (tertiary/aromatic N) is 1. The van der Waals surface area contributed by atoms with Gasteiger partial charge in [0.25, 0.3) is 0 Å². The smallest absolute Gasteiger partial charge is 0.324 e. The first-order valence-electron chi connectivity index (χ1n) is 8.35. The lowest BCUT2D eigenvalue weighted by Crippen LogP contribution is -2.45. The lowest BCUT2D eigenvalue weighted by Gasteiger charge is -2.29. The summed E-state index contributed by atoms with van der Waals surface area (Å²) in [7, 11) is -4.03. The number of hydrogen-bond acceptors (Lipinski definition) is 3. The molecule has 2 rings (SSSR count). The molecule has 2 aromatic carbocycles. The molecule has 9 heteroatoms. The van der Waals surface area contributed by atoms with E-state index in [0.29, 0.717) is 16.1 Å². The maximum atomic E-state index is 13.0. The molecule has 0 aliphatic carbocycles. The second kappa shape index (κ2) is 7.83. The predicted molar refractivity (Wildman–Crippen MR) is 103 cm³/mol. The fourth-order valence-corrected chi connectivity index (χ4v) is 3.90. The van der Waals surface area contributed by atoms with Gasteiger partial charge >= 0.3 is 6.18 Å². The molecule has 0 spiro atoms. The monoisotopic (exact) mass is 414 g/mol. The van der Waals surface area contributed by atoms with E-state index in [0.717, 1.165) is 29.5 Å². The SMILES string of the molecule is Cc1ccc(C)c(NC(=O)C(C)N(c2cccc(C(F)(F)F)c2)S(C)(=O)=O)c1. The van der Waals surface area contributed by atoms with Crippen LogP contribution in [0.15, 0.2) is 42.5 Å². The van der Waals surface area contributed by atoms with Crippen molar-refractivity contribution in [1.82, 2.24) is 0 Å². The highest BCUT2D eigenvalue weighted by Gasteiger charge is 2.34. The van der Waals surface area contributed by atoms with Crippen LogP contribution < -0.4 is 9.62 Å². The van der Waals surface area contributed by atoms with Gasteiger partial charge in [0.2, 0.25) is 15.9 Å². The van der Waals surface area contributed by atoms with E-state index < -0.39 is 33.7 Å². The normalized spacial score (nSPS) is 13.1. The Labute approximate surface area is 162 Å². The topological polar surface area (TPSA) is 66.5 Å². The van der Waals surface area contributed by atoms with Crippen LogP contribution in [0.2, 0.25) is 0 Å². The summed E-state index contributed by atoms with van der Waals surface area (Å²) < 4.78 is 64.3. The first-order chi connectivity index (χ1) is 12.8. The Morgan fingerprint density at radius 2 is 1.75 bits per heavy atom. The van der Waals surface area contributed by atoms with E-state index in [2.05, 4.69) is 5.32 Å². The Hall–Kier alpha value is -2.55. The molecular formula is C19H21F3N2O3S. The van der Waals surface area contributed by atoms with Crippen LogP contribution in [-0.4, -0.2) is 26.6 Å². The third-order valence-corrected chi connectivity index (χ3v) is 5.41. The summed E-state index contributed by atoms with van der Waals surface area (Å²) in [5.41, 5.74) is 0.943. The van der Waals surface area contributed by atoms with E-state index in [4.69, 9.17) is 0 Å². The largest absolute Gasteiger partial charge is 0.416 e. The van der Waals surface area contributed by atoms with Crippen molar-refractivity contribution in [2.24, 2.45) is 0 Å². The third kappa shape index (κ3) is 5.03. The van der Waals surface area contributed by atoms with Gasteiger partial charge in [-0.3, -0.25) is 9.10 Å². The van der Waals surface area contributed by atoms with Crippen molar-refractivity contribution in [3.63, 3.8) is 0 Å². The van der Waals surface area contributed by atoms with Crippen molar-refractivity contribution in [2.45, 2.75) is 33.0 Å². The van der Waals surface area contributed by atoms with Crippen LogP contribution >= 0.6 is 0 Å². The fraction of sp³-hybridized carbons (Fsp3) is 0.316. The number of carbonyl (C=O) groups excluding carboxylic acids is 1. The Balaban J connectivity index is 2.41.